The second kappa shape index (κ2) is 10.8. The van der Waals surface area contributed by atoms with Gasteiger partial charge in [0.05, 0.1) is 18.9 Å². The molecule has 2 aliphatic rings. The largest absolute Gasteiger partial charge is 0.379 e. The number of anilines is 2. The van der Waals surface area contributed by atoms with Crippen molar-refractivity contribution in [3.63, 3.8) is 0 Å². The Labute approximate surface area is 207 Å². The molecule has 190 valence electrons. The quantitative estimate of drug-likeness (QED) is 0.479. The summed E-state index contributed by atoms with van der Waals surface area (Å²) in [5.74, 6) is -2.21. The minimum Gasteiger partial charge on any atom is -0.379 e. The summed E-state index contributed by atoms with van der Waals surface area (Å²) in [4.78, 5) is 53.3. The fraction of sp³-hybridized carbons (Fsp3) is 0.360. The van der Waals surface area contributed by atoms with Crippen molar-refractivity contribution in [1.82, 2.24) is 15.1 Å². The van der Waals surface area contributed by atoms with Gasteiger partial charge in [0.15, 0.2) is 0 Å². The summed E-state index contributed by atoms with van der Waals surface area (Å²) >= 11 is 0. The number of amides is 5. The summed E-state index contributed by atoms with van der Waals surface area (Å²) < 4.78 is 19.6. The molecule has 0 spiro atoms. The molecule has 4 rings (SSSR count). The molecule has 2 fully saturated rings. The van der Waals surface area contributed by atoms with Gasteiger partial charge in [-0.05, 0) is 30.7 Å². The smallest absolute Gasteiger partial charge is 0.325 e. The first-order valence-electron chi connectivity index (χ1n) is 11.7. The third-order valence-electron chi connectivity index (χ3n) is 6.21. The van der Waals surface area contributed by atoms with Crippen LogP contribution in [0.15, 0.2) is 48.5 Å². The summed E-state index contributed by atoms with van der Waals surface area (Å²) in [6, 6.07) is 11.8. The SMILES string of the molecule is CC1(c2ccccc2)NC(=O)N(CC(=O)Nc2ccc(F)c(NC(=O)CCN3CCOCC3)c2)C1=O. The second-order valence-corrected chi connectivity index (χ2v) is 8.81. The van der Waals surface area contributed by atoms with E-state index in [0.29, 0.717) is 25.3 Å². The number of rotatable bonds is 8. The Morgan fingerprint density at radius 3 is 2.50 bits per heavy atom. The Balaban J connectivity index is 1.35. The van der Waals surface area contributed by atoms with E-state index in [1.807, 2.05) is 0 Å². The van der Waals surface area contributed by atoms with Crippen LogP contribution in [-0.2, 0) is 24.7 Å². The molecule has 0 radical (unpaired) electrons. The Kier molecular flexibility index (Phi) is 7.61. The lowest BCUT2D eigenvalue weighted by atomic mass is 9.92. The third kappa shape index (κ3) is 5.69. The number of nitrogens with one attached hydrogen (secondary N) is 3. The molecule has 0 aliphatic carbocycles. The van der Waals surface area contributed by atoms with Gasteiger partial charge in [-0.2, -0.15) is 0 Å². The van der Waals surface area contributed by atoms with Crippen LogP contribution in [0.3, 0.4) is 0 Å². The normalized spacial score (nSPS) is 20.2. The number of imide groups is 1. The maximum Gasteiger partial charge on any atom is 0.325 e. The number of hydrogen-bond acceptors (Lipinski definition) is 6. The maximum atomic E-state index is 14.3. The summed E-state index contributed by atoms with van der Waals surface area (Å²) in [6.07, 6.45) is 0.183. The lowest BCUT2D eigenvalue weighted by Gasteiger charge is -2.26. The van der Waals surface area contributed by atoms with Gasteiger partial charge < -0.3 is 20.7 Å². The first-order chi connectivity index (χ1) is 17.3. The highest BCUT2D eigenvalue weighted by Crippen LogP contribution is 2.28. The minimum absolute atomic E-state index is 0.0774. The number of nitrogens with zero attached hydrogens (tertiary/aromatic N) is 2. The first kappa shape index (κ1) is 25.3. The van der Waals surface area contributed by atoms with Gasteiger partial charge in [0.1, 0.15) is 17.9 Å². The van der Waals surface area contributed by atoms with E-state index in [1.54, 1.807) is 37.3 Å². The molecular formula is C25H28FN5O5. The monoisotopic (exact) mass is 497 g/mol. The molecule has 11 heteroatoms. The molecule has 1 atom stereocenters. The number of benzene rings is 2. The molecule has 5 amide bonds. The van der Waals surface area contributed by atoms with Gasteiger partial charge in [-0.3, -0.25) is 24.2 Å². The van der Waals surface area contributed by atoms with Crippen molar-refractivity contribution in [3.8, 4) is 0 Å². The zero-order valence-corrected chi connectivity index (χ0v) is 19.9. The molecule has 0 aromatic heterocycles. The number of morpholine rings is 1. The van der Waals surface area contributed by atoms with Gasteiger partial charge in [0, 0.05) is 31.7 Å². The van der Waals surface area contributed by atoms with Crippen molar-refractivity contribution in [2.24, 2.45) is 0 Å². The van der Waals surface area contributed by atoms with Gasteiger partial charge in [-0.1, -0.05) is 30.3 Å². The predicted octanol–water partition coefficient (Wildman–Crippen LogP) is 1.89. The van der Waals surface area contributed by atoms with Gasteiger partial charge in [0.25, 0.3) is 5.91 Å². The Morgan fingerprint density at radius 1 is 1.06 bits per heavy atom. The Bertz CT molecular complexity index is 1150. The summed E-state index contributed by atoms with van der Waals surface area (Å²) in [7, 11) is 0. The van der Waals surface area contributed by atoms with Crippen LogP contribution in [0.2, 0.25) is 0 Å². The third-order valence-corrected chi connectivity index (χ3v) is 6.21. The lowest BCUT2D eigenvalue weighted by Crippen LogP contribution is -2.42. The van der Waals surface area contributed by atoms with Crippen LogP contribution in [0.4, 0.5) is 20.6 Å². The molecule has 0 bridgehead atoms. The van der Waals surface area contributed by atoms with Crippen molar-refractivity contribution in [2.75, 3.05) is 50.0 Å². The Hall–Kier alpha value is -3.83. The van der Waals surface area contributed by atoms with Crippen molar-refractivity contribution in [3.05, 3.63) is 59.9 Å². The second-order valence-electron chi connectivity index (χ2n) is 8.81. The van der Waals surface area contributed by atoms with E-state index >= 15 is 0 Å². The highest BCUT2D eigenvalue weighted by atomic mass is 19.1. The molecule has 2 aromatic rings. The van der Waals surface area contributed by atoms with Gasteiger partial charge >= 0.3 is 6.03 Å². The predicted molar refractivity (Wildman–Crippen MR) is 130 cm³/mol. The fourth-order valence-corrected chi connectivity index (χ4v) is 4.15. The average molecular weight is 498 g/mol. The standard InChI is InChI=1S/C25H28FN5O5/c1-25(17-5-3-2-4-6-17)23(34)31(24(35)29-25)16-22(33)27-18-7-8-19(26)20(15-18)28-21(32)9-10-30-11-13-36-14-12-30/h2-8,15H,9-14,16H2,1H3,(H,27,33)(H,28,32)(H,29,35). The molecule has 2 aromatic carbocycles. The van der Waals surface area contributed by atoms with Crippen LogP contribution in [-0.4, -0.2) is 72.9 Å². The number of hydrogen-bond donors (Lipinski definition) is 3. The highest BCUT2D eigenvalue weighted by molar-refractivity contribution is 6.10. The molecule has 2 heterocycles. The number of halogens is 1. The minimum atomic E-state index is -1.28. The molecule has 1 unspecified atom stereocenters. The summed E-state index contributed by atoms with van der Waals surface area (Å²) in [6.45, 7) is 4.31. The van der Waals surface area contributed by atoms with E-state index in [0.717, 1.165) is 24.1 Å². The summed E-state index contributed by atoms with van der Waals surface area (Å²) in [5, 5.41) is 7.72. The van der Waals surface area contributed by atoms with E-state index in [9.17, 15) is 23.6 Å². The van der Waals surface area contributed by atoms with Crippen molar-refractivity contribution in [2.45, 2.75) is 18.9 Å². The van der Waals surface area contributed by atoms with Crippen molar-refractivity contribution in [1.29, 1.82) is 0 Å². The Morgan fingerprint density at radius 2 is 1.78 bits per heavy atom. The molecule has 0 saturated carbocycles. The van der Waals surface area contributed by atoms with Crippen molar-refractivity contribution < 1.29 is 28.3 Å². The van der Waals surface area contributed by atoms with Gasteiger partial charge in [-0.25, -0.2) is 9.18 Å². The number of carbonyl (C=O) groups excluding carboxylic acids is 4. The number of carbonyl (C=O) groups is 4. The zero-order chi connectivity index (χ0) is 25.7. The molecule has 10 nitrogen and oxygen atoms in total. The summed E-state index contributed by atoms with van der Waals surface area (Å²) in [5.41, 5.74) is -0.555. The molecule has 2 saturated heterocycles. The molecule has 2 aliphatic heterocycles. The molecular weight excluding hydrogens is 469 g/mol. The van der Waals surface area contributed by atoms with E-state index in [-0.39, 0.29) is 23.7 Å². The zero-order valence-electron chi connectivity index (χ0n) is 19.9. The number of ether oxygens (including phenoxy) is 1. The van der Waals surface area contributed by atoms with Gasteiger partial charge in [-0.15, -0.1) is 0 Å². The highest BCUT2D eigenvalue weighted by Gasteiger charge is 2.49. The van der Waals surface area contributed by atoms with E-state index in [4.69, 9.17) is 4.74 Å². The van der Waals surface area contributed by atoms with Crippen LogP contribution >= 0.6 is 0 Å². The van der Waals surface area contributed by atoms with Crippen LogP contribution in [0.25, 0.3) is 0 Å². The molecule has 3 N–H and O–H groups in total. The maximum absolute atomic E-state index is 14.3. The van der Waals surface area contributed by atoms with E-state index < -0.39 is 35.7 Å². The van der Waals surface area contributed by atoms with Crippen LogP contribution in [0, 0.1) is 5.82 Å². The first-order valence-corrected chi connectivity index (χ1v) is 11.7. The fourth-order valence-electron chi connectivity index (χ4n) is 4.15. The van der Waals surface area contributed by atoms with Gasteiger partial charge in [0.2, 0.25) is 11.8 Å². The topological polar surface area (TPSA) is 120 Å². The van der Waals surface area contributed by atoms with Crippen LogP contribution < -0.4 is 16.0 Å². The van der Waals surface area contributed by atoms with Crippen LogP contribution in [0.5, 0.6) is 0 Å². The lowest BCUT2D eigenvalue weighted by molar-refractivity contribution is -0.133. The average Bonchev–Trinajstić information content (AvgIpc) is 3.09. The van der Waals surface area contributed by atoms with Crippen LogP contribution in [0.1, 0.15) is 18.9 Å². The number of urea groups is 1. The van der Waals surface area contributed by atoms with E-state index in [2.05, 4.69) is 20.9 Å². The van der Waals surface area contributed by atoms with Crippen molar-refractivity contribution >= 4 is 35.1 Å². The molecule has 36 heavy (non-hydrogen) atoms. The van der Waals surface area contributed by atoms with E-state index in [1.165, 1.54) is 12.1 Å².